The third-order valence-corrected chi connectivity index (χ3v) is 4.69. The van der Waals surface area contributed by atoms with Gasteiger partial charge in [-0.3, -0.25) is 14.9 Å². The number of non-ortho nitro benzene ring substituents is 1. The van der Waals surface area contributed by atoms with Crippen molar-refractivity contribution in [1.29, 1.82) is 0 Å². The maximum absolute atomic E-state index is 12.5. The SMILES string of the molecule is CCOc1ccc(C(=O)Oc2ccc(/C=N\NC(=O)COc3ccc([N+](=O)[O-])cc3)cc2OCC)cc1. The first-order chi connectivity index (χ1) is 17.9. The summed E-state index contributed by atoms with van der Waals surface area (Å²) in [7, 11) is 0. The molecule has 1 amide bonds. The van der Waals surface area contributed by atoms with Crippen molar-refractivity contribution in [2.45, 2.75) is 13.8 Å². The molecule has 192 valence electrons. The van der Waals surface area contributed by atoms with Crippen LogP contribution in [-0.4, -0.2) is 42.8 Å². The fraction of sp³-hybridized carbons (Fsp3) is 0.192. The Morgan fingerprint density at radius 1 is 0.892 bits per heavy atom. The van der Waals surface area contributed by atoms with Gasteiger partial charge in [-0.05, 0) is 74.0 Å². The summed E-state index contributed by atoms with van der Waals surface area (Å²) in [6, 6.07) is 16.8. The van der Waals surface area contributed by atoms with E-state index in [9.17, 15) is 19.7 Å². The van der Waals surface area contributed by atoms with Gasteiger partial charge in [-0.2, -0.15) is 5.10 Å². The van der Waals surface area contributed by atoms with Crippen molar-refractivity contribution < 1.29 is 33.5 Å². The quantitative estimate of drug-likeness (QED) is 0.127. The first-order valence-corrected chi connectivity index (χ1v) is 11.3. The zero-order chi connectivity index (χ0) is 26.6. The number of ether oxygens (including phenoxy) is 4. The van der Waals surface area contributed by atoms with Gasteiger partial charge in [-0.1, -0.05) is 0 Å². The molecule has 0 aromatic heterocycles. The molecule has 0 saturated carbocycles. The molecule has 0 radical (unpaired) electrons. The summed E-state index contributed by atoms with van der Waals surface area (Å²) in [5, 5.41) is 14.6. The van der Waals surface area contributed by atoms with E-state index < -0.39 is 16.8 Å². The molecule has 11 heteroatoms. The number of carbonyl (C=O) groups is 2. The second-order valence-electron chi connectivity index (χ2n) is 7.32. The average molecular weight is 507 g/mol. The van der Waals surface area contributed by atoms with Gasteiger partial charge in [0, 0.05) is 12.1 Å². The highest BCUT2D eigenvalue weighted by atomic mass is 16.6. The van der Waals surface area contributed by atoms with Crippen molar-refractivity contribution >= 4 is 23.8 Å². The molecule has 0 spiro atoms. The predicted molar refractivity (Wildman–Crippen MR) is 135 cm³/mol. The molecule has 11 nitrogen and oxygen atoms in total. The lowest BCUT2D eigenvalue weighted by molar-refractivity contribution is -0.384. The van der Waals surface area contributed by atoms with E-state index in [4.69, 9.17) is 18.9 Å². The van der Waals surface area contributed by atoms with Gasteiger partial charge >= 0.3 is 5.97 Å². The Morgan fingerprint density at radius 3 is 2.19 bits per heavy atom. The van der Waals surface area contributed by atoms with E-state index >= 15 is 0 Å². The summed E-state index contributed by atoms with van der Waals surface area (Å²) >= 11 is 0. The minimum Gasteiger partial charge on any atom is -0.494 e. The minimum atomic E-state index is -0.550. The Hall–Kier alpha value is -4.93. The third-order valence-electron chi connectivity index (χ3n) is 4.69. The summed E-state index contributed by atoms with van der Waals surface area (Å²) < 4.78 is 21.8. The topological polar surface area (TPSA) is 139 Å². The van der Waals surface area contributed by atoms with Crippen LogP contribution in [0.15, 0.2) is 71.8 Å². The lowest BCUT2D eigenvalue weighted by Gasteiger charge is -2.11. The van der Waals surface area contributed by atoms with E-state index in [1.807, 2.05) is 6.92 Å². The van der Waals surface area contributed by atoms with Crippen LogP contribution in [0.4, 0.5) is 5.69 Å². The molecule has 0 heterocycles. The van der Waals surface area contributed by atoms with Crippen LogP contribution in [0.3, 0.4) is 0 Å². The van der Waals surface area contributed by atoms with Gasteiger partial charge in [0.25, 0.3) is 11.6 Å². The Morgan fingerprint density at radius 2 is 1.54 bits per heavy atom. The van der Waals surface area contributed by atoms with Crippen molar-refractivity contribution in [3.05, 3.63) is 88.0 Å². The molecular weight excluding hydrogens is 482 g/mol. The summed E-state index contributed by atoms with van der Waals surface area (Å²) in [5.74, 6) is 0.451. The van der Waals surface area contributed by atoms with Crippen molar-refractivity contribution in [2.75, 3.05) is 19.8 Å². The second kappa shape index (κ2) is 13.2. The number of nitro groups is 1. The first kappa shape index (κ1) is 26.7. The lowest BCUT2D eigenvalue weighted by atomic mass is 10.2. The normalized spacial score (nSPS) is 10.5. The maximum atomic E-state index is 12.5. The maximum Gasteiger partial charge on any atom is 0.343 e. The number of hydrogen-bond donors (Lipinski definition) is 1. The van der Waals surface area contributed by atoms with Crippen LogP contribution in [0, 0.1) is 10.1 Å². The standard InChI is InChI=1S/C26H25N3O8/c1-3-34-21-10-6-19(7-11-21)26(31)37-23-14-5-18(15-24(23)35-4-2)16-27-28-25(30)17-36-22-12-8-20(9-13-22)29(32)33/h5-16H,3-4,17H2,1-2H3,(H,28,30)/b27-16-. The van der Waals surface area contributed by atoms with E-state index in [-0.39, 0.29) is 18.0 Å². The van der Waals surface area contributed by atoms with Crippen molar-refractivity contribution in [3.63, 3.8) is 0 Å². The van der Waals surface area contributed by atoms with Crippen LogP contribution in [0.25, 0.3) is 0 Å². The first-order valence-electron chi connectivity index (χ1n) is 11.3. The van der Waals surface area contributed by atoms with Gasteiger partial charge in [0.05, 0.1) is 29.9 Å². The summed E-state index contributed by atoms with van der Waals surface area (Å²) in [4.78, 5) is 34.7. The van der Waals surface area contributed by atoms with Crippen LogP contribution in [0.2, 0.25) is 0 Å². The molecule has 0 fully saturated rings. The molecule has 0 aliphatic rings. The van der Waals surface area contributed by atoms with Crippen LogP contribution in [-0.2, 0) is 4.79 Å². The number of hydrogen-bond acceptors (Lipinski definition) is 9. The molecular formula is C26H25N3O8. The molecule has 0 atom stereocenters. The third kappa shape index (κ3) is 8.06. The largest absolute Gasteiger partial charge is 0.494 e. The van der Waals surface area contributed by atoms with Crippen LogP contribution >= 0.6 is 0 Å². The van der Waals surface area contributed by atoms with Gasteiger partial charge in [0.15, 0.2) is 18.1 Å². The zero-order valence-corrected chi connectivity index (χ0v) is 20.2. The van der Waals surface area contributed by atoms with Crippen LogP contribution in [0.5, 0.6) is 23.0 Å². The molecule has 0 saturated heterocycles. The van der Waals surface area contributed by atoms with Crippen molar-refractivity contribution in [2.24, 2.45) is 5.10 Å². The number of amides is 1. The monoisotopic (exact) mass is 507 g/mol. The summed E-state index contributed by atoms with van der Waals surface area (Å²) in [5.41, 5.74) is 3.19. The molecule has 0 bridgehead atoms. The van der Waals surface area contributed by atoms with E-state index in [1.165, 1.54) is 30.5 Å². The Balaban J connectivity index is 1.56. The highest BCUT2D eigenvalue weighted by molar-refractivity contribution is 5.92. The van der Waals surface area contributed by atoms with Gasteiger partial charge in [-0.25, -0.2) is 10.2 Å². The van der Waals surface area contributed by atoms with E-state index in [0.29, 0.717) is 41.6 Å². The Kier molecular flexibility index (Phi) is 9.54. The smallest absolute Gasteiger partial charge is 0.343 e. The number of nitrogens with zero attached hydrogens (tertiary/aromatic N) is 2. The molecule has 0 unspecified atom stereocenters. The number of benzene rings is 3. The number of esters is 1. The molecule has 37 heavy (non-hydrogen) atoms. The molecule has 0 aliphatic carbocycles. The number of carbonyl (C=O) groups excluding carboxylic acids is 2. The number of rotatable bonds is 12. The Labute approximate surface area is 212 Å². The molecule has 1 N–H and O–H groups in total. The molecule has 0 aliphatic heterocycles. The van der Waals surface area contributed by atoms with E-state index in [1.54, 1.807) is 49.4 Å². The van der Waals surface area contributed by atoms with Gasteiger partial charge in [0.1, 0.15) is 11.5 Å². The van der Waals surface area contributed by atoms with E-state index in [2.05, 4.69) is 10.5 Å². The zero-order valence-electron chi connectivity index (χ0n) is 20.2. The van der Waals surface area contributed by atoms with Gasteiger partial charge in [-0.15, -0.1) is 0 Å². The fourth-order valence-corrected chi connectivity index (χ4v) is 2.99. The second-order valence-corrected chi connectivity index (χ2v) is 7.32. The number of nitro benzene ring substituents is 1. The number of nitrogens with one attached hydrogen (secondary N) is 1. The van der Waals surface area contributed by atoms with Gasteiger partial charge in [0.2, 0.25) is 0 Å². The van der Waals surface area contributed by atoms with Crippen LogP contribution < -0.4 is 24.4 Å². The highest BCUT2D eigenvalue weighted by Crippen LogP contribution is 2.29. The highest BCUT2D eigenvalue weighted by Gasteiger charge is 2.14. The van der Waals surface area contributed by atoms with E-state index in [0.717, 1.165) is 0 Å². The summed E-state index contributed by atoms with van der Waals surface area (Å²) in [6.45, 7) is 4.20. The van der Waals surface area contributed by atoms with Gasteiger partial charge < -0.3 is 18.9 Å². The lowest BCUT2D eigenvalue weighted by Crippen LogP contribution is -2.24. The molecule has 3 rings (SSSR count). The average Bonchev–Trinajstić information content (AvgIpc) is 2.90. The minimum absolute atomic E-state index is 0.0789. The fourth-order valence-electron chi connectivity index (χ4n) is 2.99. The molecule has 3 aromatic carbocycles. The van der Waals surface area contributed by atoms with Crippen LogP contribution in [0.1, 0.15) is 29.8 Å². The Bertz CT molecular complexity index is 1260. The van der Waals surface area contributed by atoms with Crippen molar-refractivity contribution in [3.8, 4) is 23.0 Å². The summed E-state index contributed by atoms with van der Waals surface area (Å²) in [6.07, 6.45) is 1.39. The molecule has 3 aromatic rings. The number of hydrazone groups is 1. The predicted octanol–water partition coefficient (Wildman–Crippen LogP) is 4.14. The van der Waals surface area contributed by atoms with Crippen molar-refractivity contribution in [1.82, 2.24) is 5.43 Å².